The Kier molecular flexibility index (Phi) is 6.03. The lowest BCUT2D eigenvalue weighted by Gasteiger charge is -2.11. The summed E-state index contributed by atoms with van der Waals surface area (Å²) in [6, 6.07) is 19.4. The van der Waals surface area contributed by atoms with E-state index in [1.165, 1.54) is 5.56 Å². The molecule has 1 heterocycles. The van der Waals surface area contributed by atoms with Gasteiger partial charge in [0.25, 0.3) is 0 Å². The fourth-order valence-corrected chi connectivity index (χ4v) is 3.34. The molecule has 0 spiro atoms. The van der Waals surface area contributed by atoms with Crippen LogP contribution in [0.1, 0.15) is 29.0 Å². The van der Waals surface area contributed by atoms with E-state index in [9.17, 15) is 4.79 Å². The molecule has 0 bridgehead atoms. The van der Waals surface area contributed by atoms with Crippen LogP contribution >= 0.6 is 0 Å². The summed E-state index contributed by atoms with van der Waals surface area (Å²) in [5, 5.41) is 4.10. The molecule has 6 nitrogen and oxygen atoms in total. The fraction of sp³-hybridized carbons (Fsp3) is 0.208. The molecule has 2 unspecified atom stereocenters. The Balaban J connectivity index is 1.32. The van der Waals surface area contributed by atoms with Gasteiger partial charge >= 0.3 is 0 Å². The van der Waals surface area contributed by atoms with Crippen LogP contribution in [0.3, 0.4) is 0 Å². The number of benzene rings is 2. The summed E-state index contributed by atoms with van der Waals surface area (Å²) in [4.78, 5) is 16.4. The van der Waals surface area contributed by atoms with Crippen LogP contribution in [0.5, 0.6) is 11.5 Å². The highest BCUT2D eigenvalue weighted by molar-refractivity contribution is 5.86. The largest absolute Gasteiger partial charge is 0.493 e. The van der Waals surface area contributed by atoms with Crippen molar-refractivity contribution in [1.82, 2.24) is 10.4 Å². The quantitative estimate of drug-likeness (QED) is 0.459. The first-order valence-electron chi connectivity index (χ1n) is 9.82. The third kappa shape index (κ3) is 4.84. The minimum Gasteiger partial charge on any atom is -0.493 e. The van der Waals surface area contributed by atoms with Crippen LogP contribution < -0.4 is 14.9 Å². The zero-order chi connectivity index (χ0) is 20.8. The second-order valence-electron chi connectivity index (χ2n) is 7.15. The Bertz CT molecular complexity index is 1020. The predicted octanol–water partition coefficient (Wildman–Crippen LogP) is 3.92. The number of hydrogen-bond donors (Lipinski definition) is 1. The van der Waals surface area contributed by atoms with E-state index in [0.29, 0.717) is 18.1 Å². The summed E-state index contributed by atoms with van der Waals surface area (Å²) < 4.78 is 11.2. The Morgan fingerprint density at radius 3 is 2.80 bits per heavy atom. The molecular formula is C24H23N3O3. The van der Waals surface area contributed by atoms with Crippen molar-refractivity contribution in [3.63, 3.8) is 0 Å². The topological polar surface area (TPSA) is 72.8 Å². The minimum atomic E-state index is -0.0523. The molecule has 0 radical (unpaired) electrons. The molecule has 2 atom stereocenters. The van der Waals surface area contributed by atoms with Crippen molar-refractivity contribution >= 4 is 12.1 Å². The fourth-order valence-electron chi connectivity index (χ4n) is 3.34. The third-order valence-electron chi connectivity index (χ3n) is 5.05. The average molecular weight is 401 g/mol. The lowest BCUT2D eigenvalue weighted by atomic mass is 10.1. The zero-order valence-electron chi connectivity index (χ0n) is 16.7. The van der Waals surface area contributed by atoms with Crippen molar-refractivity contribution in [2.75, 3.05) is 7.11 Å². The Labute approximate surface area is 175 Å². The highest BCUT2D eigenvalue weighted by Crippen LogP contribution is 2.47. The molecule has 3 aromatic rings. The maximum absolute atomic E-state index is 12.3. The standard InChI is InChI=1S/C24H23N3O3/c1-29-23-12-17(9-10-22(23)30-16-18-6-5-11-25-14-18)15-26-27-24(28)21-13-20(21)19-7-3-2-4-8-19/h2-12,14-15,20-21H,13,16H2,1H3,(H,27,28). The molecule has 1 N–H and O–H groups in total. The smallest absolute Gasteiger partial charge is 0.243 e. The highest BCUT2D eigenvalue weighted by atomic mass is 16.5. The lowest BCUT2D eigenvalue weighted by Crippen LogP contribution is -2.20. The van der Waals surface area contributed by atoms with Crippen molar-refractivity contribution in [3.05, 3.63) is 89.7 Å². The van der Waals surface area contributed by atoms with Gasteiger partial charge in [-0.1, -0.05) is 36.4 Å². The van der Waals surface area contributed by atoms with Crippen molar-refractivity contribution in [1.29, 1.82) is 0 Å². The zero-order valence-corrected chi connectivity index (χ0v) is 16.7. The van der Waals surface area contributed by atoms with Crippen molar-refractivity contribution in [2.45, 2.75) is 18.9 Å². The molecule has 2 aromatic carbocycles. The van der Waals surface area contributed by atoms with E-state index in [2.05, 4.69) is 27.6 Å². The number of amides is 1. The van der Waals surface area contributed by atoms with Gasteiger partial charge in [0.1, 0.15) is 6.61 Å². The van der Waals surface area contributed by atoms with E-state index in [-0.39, 0.29) is 17.7 Å². The van der Waals surface area contributed by atoms with E-state index in [0.717, 1.165) is 17.5 Å². The van der Waals surface area contributed by atoms with Crippen molar-refractivity contribution in [2.24, 2.45) is 11.0 Å². The van der Waals surface area contributed by atoms with Gasteiger partial charge in [0.15, 0.2) is 11.5 Å². The van der Waals surface area contributed by atoms with Gasteiger partial charge in [-0.3, -0.25) is 9.78 Å². The summed E-state index contributed by atoms with van der Waals surface area (Å²) in [7, 11) is 1.59. The second-order valence-corrected chi connectivity index (χ2v) is 7.15. The van der Waals surface area contributed by atoms with Crippen LogP contribution in [0.4, 0.5) is 0 Å². The van der Waals surface area contributed by atoms with Gasteiger partial charge in [0.2, 0.25) is 5.91 Å². The minimum absolute atomic E-state index is 0.0117. The first kappa shape index (κ1) is 19.6. The van der Waals surface area contributed by atoms with Gasteiger partial charge < -0.3 is 9.47 Å². The number of rotatable bonds is 8. The molecule has 1 fully saturated rings. The summed E-state index contributed by atoms with van der Waals surface area (Å²) in [5.74, 6) is 1.45. The van der Waals surface area contributed by atoms with E-state index >= 15 is 0 Å². The monoisotopic (exact) mass is 401 g/mol. The second kappa shape index (κ2) is 9.22. The van der Waals surface area contributed by atoms with Gasteiger partial charge in [-0.25, -0.2) is 5.43 Å². The highest BCUT2D eigenvalue weighted by Gasteiger charge is 2.43. The van der Waals surface area contributed by atoms with Crippen LogP contribution in [0, 0.1) is 5.92 Å². The molecule has 30 heavy (non-hydrogen) atoms. The molecule has 1 aliphatic rings. The number of ether oxygens (including phenoxy) is 2. The predicted molar refractivity (Wildman–Crippen MR) is 115 cm³/mol. The summed E-state index contributed by atoms with van der Waals surface area (Å²) in [5.41, 5.74) is 5.62. The van der Waals surface area contributed by atoms with Crippen molar-refractivity contribution < 1.29 is 14.3 Å². The lowest BCUT2D eigenvalue weighted by molar-refractivity contribution is -0.122. The van der Waals surface area contributed by atoms with Gasteiger partial charge in [0, 0.05) is 23.9 Å². The Morgan fingerprint density at radius 1 is 1.17 bits per heavy atom. The molecule has 0 aliphatic heterocycles. The molecule has 1 saturated carbocycles. The molecule has 152 valence electrons. The van der Waals surface area contributed by atoms with Gasteiger partial charge in [-0.2, -0.15) is 5.10 Å². The van der Waals surface area contributed by atoms with E-state index < -0.39 is 0 Å². The number of hydrogen-bond acceptors (Lipinski definition) is 5. The van der Waals surface area contributed by atoms with Crippen LogP contribution in [-0.4, -0.2) is 24.2 Å². The average Bonchev–Trinajstić information content (AvgIpc) is 3.60. The first-order valence-corrected chi connectivity index (χ1v) is 9.82. The molecule has 1 aromatic heterocycles. The first-order chi connectivity index (χ1) is 14.7. The molecular weight excluding hydrogens is 378 g/mol. The Morgan fingerprint density at radius 2 is 2.03 bits per heavy atom. The van der Waals surface area contributed by atoms with Crippen LogP contribution in [0.25, 0.3) is 0 Å². The number of methoxy groups -OCH3 is 1. The maximum atomic E-state index is 12.3. The normalized spacial score (nSPS) is 17.5. The van der Waals surface area contributed by atoms with E-state index in [4.69, 9.17) is 9.47 Å². The number of pyridine rings is 1. The van der Waals surface area contributed by atoms with Crippen LogP contribution in [0.15, 0.2) is 78.2 Å². The third-order valence-corrected chi connectivity index (χ3v) is 5.05. The summed E-state index contributed by atoms with van der Waals surface area (Å²) in [6.45, 7) is 0.400. The summed E-state index contributed by atoms with van der Waals surface area (Å²) in [6.07, 6.45) is 5.95. The molecule has 1 amide bonds. The van der Waals surface area contributed by atoms with Gasteiger partial charge in [-0.05, 0) is 47.7 Å². The molecule has 0 saturated heterocycles. The molecule has 4 rings (SSSR count). The number of hydrazone groups is 1. The summed E-state index contributed by atoms with van der Waals surface area (Å²) >= 11 is 0. The van der Waals surface area contributed by atoms with E-state index in [1.807, 2.05) is 48.5 Å². The maximum Gasteiger partial charge on any atom is 0.243 e. The number of nitrogens with one attached hydrogen (secondary N) is 1. The van der Waals surface area contributed by atoms with E-state index in [1.54, 1.807) is 25.7 Å². The SMILES string of the molecule is COc1cc(C=NNC(=O)C2CC2c2ccccc2)ccc1OCc1cccnc1. The molecule has 1 aliphatic carbocycles. The molecule has 6 heteroatoms. The number of carbonyl (C=O) groups excluding carboxylic acids is 1. The van der Waals surface area contributed by atoms with Crippen LogP contribution in [-0.2, 0) is 11.4 Å². The number of carbonyl (C=O) groups is 1. The van der Waals surface area contributed by atoms with Crippen LogP contribution in [0.2, 0.25) is 0 Å². The van der Waals surface area contributed by atoms with Gasteiger partial charge in [-0.15, -0.1) is 0 Å². The number of nitrogens with zero attached hydrogens (tertiary/aromatic N) is 2. The van der Waals surface area contributed by atoms with Crippen molar-refractivity contribution in [3.8, 4) is 11.5 Å². The number of aromatic nitrogens is 1. The van der Waals surface area contributed by atoms with Gasteiger partial charge in [0.05, 0.1) is 13.3 Å². The Hall–Kier alpha value is -3.67.